The van der Waals surface area contributed by atoms with E-state index in [1.807, 2.05) is 26.8 Å². The average molecular weight is 389 g/mol. The summed E-state index contributed by atoms with van der Waals surface area (Å²) < 4.78 is 28.3. The van der Waals surface area contributed by atoms with Gasteiger partial charge in [0.2, 0.25) is 15.8 Å². The van der Waals surface area contributed by atoms with Crippen LogP contribution in [0.5, 0.6) is 0 Å². The first-order chi connectivity index (χ1) is 12.4. The zero-order valence-corrected chi connectivity index (χ0v) is 16.8. The van der Waals surface area contributed by atoms with Gasteiger partial charge in [0.25, 0.3) is 0 Å². The zero-order valence-electron chi connectivity index (χ0n) is 16.0. The van der Waals surface area contributed by atoms with Crippen LogP contribution < -0.4 is 5.14 Å². The molecule has 6 nitrogen and oxygen atoms in total. The molecular weight excluding hydrogens is 366 g/mol. The number of rotatable bonds is 5. The number of sulfonamides is 1. The summed E-state index contributed by atoms with van der Waals surface area (Å²) in [6, 6.07) is 7.64. The summed E-state index contributed by atoms with van der Waals surface area (Å²) >= 11 is 0. The third-order valence-corrected chi connectivity index (χ3v) is 5.43. The van der Waals surface area contributed by atoms with Crippen LogP contribution in [0.2, 0.25) is 0 Å². The molecular formula is C20H23NO5S. The first-order valence-electron chi connectivity index (χ1n) is 8.38. The van der Waals surface area contributed by atoms with Crippen LogP contribution in [0.4, 0.5) is 0 Å². The van der Waals surface area contributed by atoms with Crippen LogP contribution in [0.3, 0.4) is 0 Å². The number of primary sulfonamides is 1. The van der Waals surface area contributed by atoms with E-state index >= 15 is 0 Å². The summed E-state index contributed by atoms with van der Waals surface area (Å²) in [5.74, 6) is -1.09. The Labute approximate surface area is 159 Å². The van der Waals surface area contributed by atoms with Gasteiger partial charge in [-0.15, -0.1) is 0 Å². The van der Waals surface area contributed by atoms with Crippen LogP contribution in [0.1, 0.15) is 49.9 Å². The molecule has 2 N–H and O–H groups in total. The molecule has 1 atom stereocenters. The molecule has 0 fully saturated rings. The molecule has 2 aromatic carbocycles. The Morgan fingerprint density at radius 1 is 0.889 bits per heavy atom. The number of hydrogen-bond acceptors (Lipinski definition) is 5. The number of ether oxygens (including phenoxy) is 1. The Bertz CT molecular complexity index is 1020. The van der Waals surface area contributed by atoms with Crippen molar-refractivity contribution in [3.8, 4) is 0 Å². The first-order valence-corrected chi connectivity index (χ1v) is 9.93. The van der Waals surface area contributed by atoms with Gasteiger partial charge in [-0.25, -0.2) is 18.4 Å². The van der Waals surface area contributed by atoms with E-state index in [2.05, 4.69) is 0 Å². The predicted octanol–water partition coefficient (Wildman–Crippen LogP) is 3.00. The molecule has 0 amide bonds. The van der Waals surface area contributed by atoms with Gasteiger partial charge in [-0.05, 0) is 75.1 Å². The van der Waals surface area contributed by atoms with Gasteiger partial charge in [0, 0.05) is 5.56 Å². The van der Waals surface area contributed by atoms with E-state index in [4.69, 9.17) is 9.88 Å². The van der Waals surface area contributed by atoms with Crippen molar-refractivity contribution in [2.24, 2.45) is 5.14 Å². The fourth-order valence-corrected chi connectivity index (χ4v) is 3.26. The van der Waals surface area contributed by atoms with Crippen molar-refractivity contribution in [1.82, 2.24) is 0 Å². The van der Waals surface area contributed by atoms with Gasteiger partial charge in [0.1, 0.15) is 0 Å². The smallest absolute Gasteiger partial charge is 0.339 e. The van der Waals surface area contributed by atoms with Crippen LogP contribution >= 0.6 is 0 Å². The monoisotopic (exact) mass is 389 g/mol. The summed E-state index contributed by atoms with van der Waals surface area (Å²) in [7, 11) is -3.95. The Kier molecular flexibility index (Phi) is 5.87. The van der Waals surface area contributed by atoms with Gasteiger partial charge >= 0.3 is 5.97 Å². The zero-order chi connectivity index (χ0) is 20.5. The van der Waals surface area contributed by atoms with E-state index in [0.717, 1.165) is 22.8 Å². The summed E-state index contributed by atoms with van der Waals surface area (Å²) in [5.41, 5.74) is 3.92. The van der Waals surface area contributed by atoms with Gasteiger partial charge < -0.3 is 4.74 Å². The van der Waals surface area contributed by atoms with Crippen LogP contribution in [-0.4, -0.2) is 26.3 Å². The SMILES string of the molecule is Cc1cc(C)c(C(=O)C(C)OC(=O)c2cc(S(N)(=O)=O)ccc2C)cc1C. The Morgan fingerprint density at radius 2 is 1.48 bits per heavy atom. The number of Topliss-reactive ketones (excluding diaryl/α,β-unsaturated/α-hetero) is 1. The second-order valence-corrected chi connectivity index (χ2v) is 8.25. The number of ketones is 1. The fourth-order valence-electron chi connectivity index (χ4n) is 2.72. The highest BCUT2D eigenvalue weighted by atomic mass is 32.2. The number of nitrogens with two attached hydrogens (primary N) is 1. The maximum absolute atomic E-state index is 12.7. The molecule has 0 radical (unpaired) electrons. The molecule has 7 heteroatoms. The first kappa shape index (κ1) is 20.8. The number of benzene rings is 2. The minimum absolute atomic E-state index is 0.0537. The van der Waals surface area contributed by atoms with Gasteiger partial charge in [-0.3, -0.25) is 4.79 Å². The van der Waals surface area contributed by atoms with Crippen molar-refractivity contribution >= 4 is 21.8 Å². The normalized spacial score (nSPS) is 12.5. The van der Waals surface area contributed by atoms with E-state index in [1.165, 1.54) is 19.1 Å². The quantitative estimate of drug-likeness (QED) is 0.625. The van der Waals surface area contributed by atoms with E-state index < -0.39 is 22.1 Å². The average Bonchev–Trinajstić information content (AvgIpc) is 2.56. The molecule has 0 saturated heterocycles. The highest BCUT2D eigenvalue weighted by Crippen LogP contribution is 2.20. The van der Waals surface area contributed by atoms with Crippen molar-refractivity contribution in [2.75, 3.05) is 0 Å². The predicted molar refractivity (Wildman–Crippen MR) is 102 cm³/mol. The molecule has 1 unspecified atom stereocenters. The van der Waals surface area contributed by atoms with E-state index in [9.17, 15) is 18.0 Å². The molecule has 0 saturated carbocycles. The van der Waals surface area contributed by atoms with Crippen LogP contribution in [0.15, 0.2) is 35.2 Å². The lowest BCUT2D eigenvalue weighted by Crippen LogP contribution is -2.26. The van der Waals surface area contributed by atoms with Crippen LogP contribution in [-0.2, 0) is 14.8 Å². The lowest BCUT2D eigenvalue weighted by molar-refractivity contribution is 0.0317. The molecule has 27 heavy (non-hydrogen) atoms. The number of esters is 1. The van der Waals surface area contributed by atoms with E-state index in [0.29, 0.717) is 11.1 Å². The lowest BCUT2D eigenvalue weighted by atomic mass is 9.96. The van der Waals surface area contributed by atoms with E-state index in [-0.39, 0.29) is 16.2 Å². The summed E-state index contributed by atoms with van der Waals surface area (Å²) in [6.45, 7) is 8.83. The van der Waals surface area contributed by atoms with Crippen molar-refractivity contribution in [3.63, 3.8) is 0 Å². The molecule has 0 aliphatic carbocycles. The van der Waals surface area contributed by atoms with Gasteiger partial charge in [0.05, 0.1) is 10.5 Å². The van der Waals surface area contributed by atoms with Crippen LogP contribution in [0, 0.1) is 27.7 Å². The largest absolute Gasteiger partial charge is 0.451 e. The Morgan fingerprint density at radius 3 is 2.07 bits per heavy atom. The molecule has 0 aliphatic heterocycles. The highest BCUT2D eigenvalue weighted by molar-refractivity contribution is 7.89. The third-order valence-electron chi connectivity index (χ3n) is 4.52. The van der Waals surface area contributed by atoms with Crippen molar-refractivity contribution in [3.05, 3.63) is 63.7 Å². The van der Waals surface area contributed by atoms with Gasteiger partial charge in [-0.2, -0.15) is 0 Å². The van der Waals surface area contributed by atoms with Gasteiger partial charge in [0.15, 0.2) is 6.10 Å². The summed E-state index contributed by atoms with van der Waals surface area (Å²) in [6.07, 6.45) is -1.02. The molecule has 2 aromatic rings. The number of carbonyl (C=O) groups excluding carboxylic acids is 2. The number of aryl methyl sites for hydroxylation is 4. The maximum atomic E-state index is 12.7. The standard InChI is InChI=1S/C20H23NO5S/c1-11-6-7-16(27(21,24)25)10-18(11)20(23)26-15(5)19(22)17-9-13(3)12(2)8-14(17)4/h6-10,15H,1-5H3,(H2,21,24,25). The summed E-state index contributed by atoms with van der Waals surface area (Å²) in [5, 5.41) is 5.11. The molecule has 0 bridgehead atoms. The minimum Gasteiger partial charge on any atom is -0.451 e. The van der Waals surface area contributed by atoms with Crippen molar-refractivity contribution in [1.29, 1.82) is 0 Å². The Balaban J connectivity index is 2.28. The molecule has 0 aliphatic rings. The van der Waals surface area contributed by atoms with E-state index in [1.54, 1.807) is 13.0 Å². The fraction of sp³-hybridized carbons (Fsp3) is 0.300. The lowest BCUT2D eigenvalue weighted by Gasteiger charge is -2.16. The molecule has 144 valence electrons. The second-order valence-electron chi connectivity index (χ2n) is 6.68. The topological polar surface area (TPSA) is 104 Å². The number of carbonyl (C=O) groups is 2. The molecule has 0 aromatic heterocycles. The van der Waals surface area contributed by atoms with Crippen LogP contribution in [0.25, 0.3) is 0 Å². The van der Waals surface area contributed by atoms with Gasteiger partial charge in [-0.1, -0.05) is 12.1 Å². The van der Waals surface area contributed by atoms with Crippen molar-refractivity contribution in [2.45, 2.75) is 45.6 Å². The number of hydrogen-bond donors (Lipinski definition) is 1. The minimum atomic E-state index is -3.95. The third kappa shape index (κ3) is 4.61. The molecule has 2 rings (SSSR count). The highest BCUT2D eigenvalue weighted by Gasteiger charge is 2.24. The molecule has 0 spiro atoms. The summed E-state index contributed by atoms with van der Waals surface area (Å²) in [4.78, 5) is 25.0. The Hall–Kier alpha value is -2.51. The molecule has 0 heterocycles. The van der Waals surface area contributed by atoms with Crippen molar-refractivity contribution < 1.29 is 22.7 Å². The maximum Gasteiger partial charge on any atom is 0.339 e. The second kappa shape index (κ2) is 7.62.